The molecule has 8 nitrogen and oxygen atoms in total. The zero-order chi connectivity index (χ0) is 21.7. The standard InChI is InChI=1S/C19H17F3N8/c1-11(2)10-25-17-28-16(14-4-3-5-15(27-14)19(20,21)22)29-18(30-17)26-12-6-7-24-13(8-12)9-23/h3-8,11H,10H2,1-2H3,(H2,24,25,26,28,29,30). The van der Waals surface area contributed by atoms with E-state index < -0.39 is 11.9 Å². The normalized spacial score (nSPS) is 11.2. The largest absolute Gasteiger partial charge is 0.433 e. The van der Waals surface area contributed by atoms with Gasteiger partial charge in [-0.05, 0) is 30.2 Å². The van der Waals surface area contributed by atoms with Gasteiger partial charge in [0.05, 0.1) is 0 Å². The lowest BCUT2D eigenvalue weighted by atomic mass is 10.2. The third-order valence-electron chi connectivity index (χ3n) is 3.70. The van der Waals surface area contributed by atoms with E-state index in [1.165, 1.54) is 24.4 Å². The van der Waals surface area contributed by atoms with Crippen molar-refractivity contribution in [3.05, 3.63) is 47.9 Å². The summed E-state index contributed by atoms with van der Waals surface area (Å²) in [7, 11) is 0. The molecule has 11 heteroatoms. The van der Waals surface area contributed by atoms with Crippen LogP contribution in [0, 0.1) is 17.2 Å². The van der Waals surface area contributed by atoms with Crippen molar-refractivity contribution in [1.82, 2.24) is 24.9 Å². The minimum Gasteiger partial charge on any atom is -0.354 e. The third-order valence-corrected chi connectivity index (χ3v) is 3.70. The number of aromatic nitrogens is 5. The number of alkyl halides is 3. The second-order valence-electron chi connectivity index (χ2n) is 6.65. The van der Waals surface area contributed by atoms with Crippen molar-refractivity contribution in [2.75, 3.05) is 17.2 Å². The van der Waals surface area contributed by atoms with E-state index in [0.717, 1.165) is 6.07 Å². The number of hydrogen-bond acceptors (Lipinski definition) is 8. The van der Waals surface area contributed by atoms with E-state index in [0.29, 0.717) is 12.2 Å². The van der Waals surface area contributed by atoms with Gasteiger partial charge in [-0.15, -0.1) is 0 Å². The summed E-state index contributed by atoms with van der Waals surface area (Å²) in [6.45, 7) is 4.53. The molecule has 30 heavy (non-hydrogen) atoms. The predicted octanol–water partition coefficient (Wildman–Crippen LogP) is 4.03. The summed E-state index contributed by atoms with van der Waals surface area (Å²) in [5, 5.41) is 14.9. The average molecular weight is 414 g/mol. The fourth-order valence-corrected chi connectivity index (χ4v) is 2.34. The smallest absolute Gasteiger partial charge is 0.354 e. The molecule has 0 aliphatic rings. The van der Waals surface area contributed by atoms with Crippen molar-refractivity contribution in [2.24, 2.45) is 5.92 Å². The van der Waals surface area contributed by atoms with Crippen LogP contribution in [0.25, 0.3) is 11.5 Å². The van der Waals surface area contributed by atoms with Crippen LogP contribution in [0.2, 0.25) is 0 Å². The van der Waals surface area contributed by atoms with Crippen LogP contribution >= 0.6 is 0 Å². The van der Waals surface area contributed by atoms with Gasteiger partial charge in [-0.3, -0.25) is 0 Å². The van der Waals surface area contributed by atoms with Gasteiger partial charge in [0.15, 0.2) is 5.82 Å². The summed E-state index contributed by atoms with van der Waals surface area (Å²) in [6, 6.07) is 8.53. The van der Waals surface area contributed by atoms with Crippen molar-refractivity contribution in [3.8, 4) is 17.6 Å². The number of hydrogen-bond donors (Lipinski definition) is 2. The molecular formula is C19H17F3N8. The van der Waals surface area contributed by atoms with Gasteiger partial charge in [0, 0.05) is 18.4 Å². The summed E-state index contributed by atoms with van der Waals surface area (Å²) in [6.07, 6.45) is -3.15. The summed E-state index contributed by atoms with van der Waals surface area (Å²) >= 11 is 0. The van der Waals surface area contributed by atoms with Crippen LogP contribution in [0.4, 0.5) is 30.8 Å². The van der Waals surface area contributed by atoms with Gasteiger partial charge in [-0.2, -0.15) is 33.4 Å². The van der Waals surface area contributed by atoms with Crippen LogP contribution in [0.3, 0.4) is 0 Å². The second kappa shape index (κ2) is 8.69. The monoisotopic (exact) mass is 414 g/mol. The van der Waals surface area contributed by atoms with E-state index in [2.05, 4.69) is 35.6 Å². The highest BCUT2D eigenvalue weighted by molar-refractivity contribution is 5.59. The van der Waals surface area contributed by atoms with Crippen molar-refractivity contribution in [1.29, 1.82) is 5.26 Å². The fraction of sp³-hybridized carbons (Fsp3) is 0.263. The fourth-order valence-electron chi connectivity index (χ4n) is 2.34. The zero-order valence-electron chi connectivity index (χ0n) is 16.1. The molecule has 0 aromatic carbocycles. The number of nitrogens with one attached hydrogen (secondary N) is 2. The van der Waals surface area contributed by atoms with E-state index >= 15 is 0 Å². The highest BCUT2D eigenvalue weighted by Gasteiger charge is 2.32. The van der Waals surface area contributed by atoms with Crippen molar-refractivity contribution in [2.45, 2.75) is 20.0 Å². The predicted molar refractivity (Wildman–Crippen MR) is 104 cm³/mol. The maximum Gasteiger partial charge on any atom is 0.433 e. The molecule has 0 spiro atoms. The Morgan fingerprint density at radius 2 is 1.83 bits per heavy atom. The van der Waals surface area contributed by atoms with Gasteiger partial charge in [-0.25, -0.2) is 9.97 Å². The summed E-state index contributed by atoms with van der Waals surface area (Å²) in [5.74, 6) is 0.525. The summed E-state index contributed by atoms with van der Waals surface area (Å²) in [5.41, 5.74) is -0.410. The number of halogens is 3. The SMILES string of the molecule is CC(C)CNc1nc(Nc2ccnc(C#N)c2)nc(-c2cccc(C(F)(F)F)n2)n1. The van der Waals surface area contributed by atoms with Crippen LogP contribution in [0.5, 0.6) is 0 Å². The van der Waals surface area contributed by atoms with Gasteiger partial charge in [0.2, 0.25) is 11.9 Å². The maximum absolute atomic E-state index is 13.0. The Hall–Kier alpha value is -3.81. The number of pyridine rings is 2. The van der Waals surface area contributed by atoms with Crippen molar-refractivity contribution in [3.63, 3.8) is 0 Å². The number of anilines is 3. The second-order valence-corrected chi connectivity index (χ2v) is 6.65. The Labute approximate surface area is 170 Å². The molecule has 2 N–H and O–H groups in total. The van der Waals surface area contributed by atoms with E-state index in [4.69, 9.17) is 5.26 Å². The summed E-state index contributed by atoms with van der Waals surface area (Å²) < 4.78 is 39.1. The number of rotatable bonds is 6. The number of nitriles is 1. The minimum absolute atomic E-state index is 0.0283. The average Bonchev–Trinajstić information content (AvgIpc) is 2.72. The lowest BCUT2D eigenvalue weighted by Crippen LogP contribution is -2.13. The van der Waals surface area contributed by atoms with Crippen LogP contribution in [0.1, 0.15) is 25.2 Å². The van der Waals surface area contributed by atoms with E-state index in [1.54, 1.807) is 6.07 Å². The molecule has 0 amide bonds. The van der Waals surface area contributed by atoms with Crippen molar-refractivity contribution < 1.29 is 13.2 Å². The molecule has 0 aliphatic heterocycles. The van der Waals surface area contributed by atoms with Gasteiger partial charge in [0.1, 0.15) is 23.2 Å². The first-order chi connectivity index (χ1) is 14.2. The Kier molecular flexibility index (Phi) is 6.06. The van der Waals surface area contributed by atoms with Crippen LogP contribution in [-0.4, -0.2) is 31.5 Å². The lowest BCUT2D eigenvalue weighted by molar-refractivity contribution is -0.141. The van der Waals surface area contributed by atoms with Crippen LogP contribution in [0.15, 0.2) is 36.5 Å². The highest BCUT2D eigenvalue weighted by Crippen LogP contribution is 2.29. The van der Waals surface area contributed by atoms with E-state index in [1.807, 2.05) is 19.9 Å². The molecule has 0 fully saturated rings. The Morgan fingerprint density at radius 1 is 1.07 bits per heavy atom. The Balaban J connectivity index is 2.01. The van der Waals surface area contributed by atoms with Gasteiger partial charge in [0.25, 0.3) is 0 Å². The summed E-state index contributed by atoms with van der Waals surface area (Å²) in [4.78, 5) is 20.2. The topological polar surface area (TPSA) is 112 Å². The molecule has 0 atom stereocenters. The molecule has 3 aromatic heterocycles. The van der Waals surface area contributed by atoms with E-state index in [9.17, 15) is 13.2 Å². The van der Waals surface area contributed by atoms with Gasteiger partial charge >= 0.3 is 6.18 Å². The highest BCUT2D eigenvalue weighted by atomic mass is 19.4. The third kappa shape index (κ3) is 5.38. The lowest BCUT2D eigenvalue weighted by Gasteiger charge is -2.12. The molecule has 3 aromatic rings. The molecule has 0 saturated heterocycles. The van der Waals surface area contributed by atoms with E-state index in [-0.39, 0.29) is 35.0 Å². The van der Waals surface area contributed by atoms with Gasteiger partial charge < -0.3 is 10.6 Å². The molecule has 3 rings (SSSR count). The Bertz CT molecular complexity index is 1080. The Morgan fingerprint density at radius 3 is 2.53 bits per heavy atom. The minimum atomic E-state index is -4.59. The molecule has 0 radical (unpaired) electrons. The van der Waals surface area contributed by atoms with Gasteiger partial charge in [-0.1, -0.05) is 19.9 Å². The molecule has 154 valence electrons. The molecule has 0 saturated carbocycles. The van der Waals surface area contributed by atoms with Crippen LogP contribution < -0.4 is 10.6 Å². The number of nitrogens with zero attached hydrogens (tertiary/aromatic N) is 6. The van der Waals surface area contributed by atoms with Crippen LogP contribution in [-0.2, 0) is 6.18 Å². The van der Waals surface area contributed by atoms with Crippen molar-refractivity contribution >= 4 is 17.6 Å². The zero-order valence-corrected chi connectivity index (χ0v) is 16.1. The first-order valence-corrected chi connectivity index (χ1v) is 8.92. The molecule has 0 bridgehead atoms. The first-order valence-electron chi connectivity index (χ1n) is 8.92. The quantitative estimate of drug-likeness (QED) is 0.622. The molecule has 0 aliphatic carbocycles. The molecule has 3 heterocycles. The maximum atomic E-state index is 13.0. The molecule has 0 unspecified atom stereocenters. The first kappa shape index (κ1) is 20.9. The molecular weight excluding hydrogens is 397 g/mol.